The zero-order valence-electron chi connectivity index (χ0n) is 11.3. The first kappa shape index (κ1) is 17.3. The van der Waals surface area contributed by atoms with E-state index in [2.05, 4.69) is 5.32 Å². The van der Waals surface area contributed by atoms with E-state index in [0.29, 0.717) is 6.54 Å². The maximum Gasteiger partial charge on any atom is 0.250 e. The lowest BCUT2D eigenvalue weighted by atomic mass is 9.94. The minimum absolute atomic E-state index is 0.405. The standard InChI is InChI=1S/C11H22N4O4/c1-15(2)5-3-4-14-9(17)7-11(19,10(13)18)6-8(12)16/h19H,3-7H2,1-2H3,(H2,12,16)(H2,13,18)(H,14,17). The van der Waals surface area contributed by atoms with E-state index < -0.39 is 36.2 Å². The van der Waals surface area contributed by atoms with Crippen molar-refractivity contribution in [1.29, 1.82) is 0 Å². The van der Waals surface area contributed by atoms with Crippen LogP contribution < -0.4 is 16.8 Å². The molecule has 1 atom stereocenters. The molecule has 0 aromatic rings. The highest BCUT2D eigenvalue weighted by Crippen LogP contribution is 2.14. The third kappa shape index (κ3) is 7.37. The van der Waals surface area contributed by atoms with Crippen molar-refractivity contribution < 1.29 is 19.5 Å². The fourth-order valence-corrected chi connectivity index (χ4v) is 1.48. The van der Waals surface area contributed by atoms with Gasteiger partial charge >= 0.3 is 0 Å². The Balaban J connectivity index is 4.25. The third-order valence-corrected chi connectivity index (χ3v) is 2.48. The third-order valence-electron chi connectivity index (χ3n) is 2.48. The summed E-state index contributed by atoms with van der Waals surface area (Å²) in [5, 5.41) is 12.4. The van der Waals surface area contributed by atoms with Crippen molar-refractivity contribution in [3.63, 3.8) is 0 Å². The summed E-state index contributed by atoms with van der Waals surface area (Å²) in [7, 11) is 3.81. The minimum Gasteiger partial charge on any atom is -0.379 e. The van der Waals surface area contributed by atoms with Crippen LogP contribution in [0.4, 0.5) is 0 Å². The molecule has 0 aliphatic heterocycles. The van der Waals surface area contributed by atoms with Gasteiger partial charge in [0.15, 0.2) is 5.60 Å². The van der Waals surface area contributed by atoms with E-state index in [1.54, 1.807) is 0 Å². The largest absolute Gasteiger partial charge is 0.379 e. The monoisotopic (exact) mass is 274 g/mol. The van der Waals surface area contributed by atoms with Crippen molar-refractivity contribution in [3.8, 4) is 0 Å². The Labute approximate surface area is 112 Å². The molecular formula is C11H22N4O4. The quantitative estimate of drug-likeness (QED) is 0.345. The maximum atomic E-state index is 11.5. The molecule has 0 bridgehead atoms. The molecule has 0 rings (SSSR count). The number of primary amides is 2. The second kappa shape index (κ2) is 7.70. The highest BCUT2D eigenvalue weighted by Gasteiger charge is 2.38. The van der Waals surface area contributed by atoms with Gasteiger partial charge in [0, 0.05) is 6.54 Å². The van der Waals surface area contributed by atoms with E-state index in [1.807, 2.05) is 19.0 Å². The number of hydrogen-bond donors (Lipinski definition) is 4. The molecule has 8 heteroatoms. The number of nitrogens with two attached hydrogens (primary N) is 2. The molecule has 0 radical (unpaired) electrons. The van der Waals surface area contributed by atoms with Gasteiger partial charge in [0.25, 0.3) is 0 Å². The average Bonchev–Trinajstić information content (AvgIpc) is 2.22. The summed E-state index contributed by atoms with van der Waals surface area (Å²) in [5.41, 5.74) is 7.66. The van der Waals surface area contributed by atoms with Gasteiger partial charge in [-0.15, -0.1) is 0 Å². The van der Waals surface area contributed by atoms with Crippen molar-refractivity contribution in [2.75, 3.05) is 27.2 Å². The lowest BCUT2D eigenvalue weighted by Gasteiger charge is -2.22. The first-order valence-electron chi connectivity index (χ1n) is 5.89. The second-order valence-electron chi connectivity index (χ2n) is 4.72. The molecule has 6 N–H and O–H groups in total. The molecule has 0 aromatic carbocycles. The second-order valence-corrected chi connectivity index (χ2v) is 4.72. The molecule has 8 nitrogen and oxygen atoms in total. The van der Waals surface area contributed by atoms with E-state index in [4.69, 9.17) is 11.5 Å². The molecule has 0 aromatic heterocycles. The number of nitrogens with zero attached hydrogens (tertiary/aromatic N) is 1. The van der Waals surface area contributed by atoms with Crippen LogP contribution in [-0.4, -0.2) is 60.5 Å². The first-order chi connectivity index (χ1) is 8.67. The molecular weight excluding hydrogens is 252 g/mol. The molecule has 0 saturated heterocycles. The Morgan fingerprint density at radius 3 is 2.21 bits per heavy atom. The van der Waals surface area contributed by atoms with E-state index >= 15 is 0 Å². The summed E-state index contributed by atoms with van der Waals surface area (Å²) in [6.07, 6.45) is -0.524. The Morgan fingerprint density at radius 2 is 1.79 bits per heavy atom. The summed E-state index contributed by atoms with van der Waals surface area (Å²) >= 11 is 0. The average molecular weight is 274 g/mol. The van der Waals surface area contributed by atoms with E-state index in [9.17, 15) is 19.5 Å². The minimum atomic E-state index is -2.22. The van der Waals surface area contributed by atoms with Crippen molar-refractivity contribution in [2.24, 2.45) is 11.5 Å². The summed E-state index contributed by atoms with van der Waals surface area (Å²) in [6, 6.07) is 0. The molecule has 0 spiro atoms. The lowest BCUT2D eigenvalue weighted by molar-refractivity contribution is -0.146. The van der Waals surface area contributed by atoms with Crippen LogP contribution in [0.3, 0.4) is 0 Å². The smallest absolute Gasteiger partial charge is 0.250 e. The molecule has 3 amide bonds. The van der Waals surface area contributed by atoms with Gasteiger partial charge in [0.1, 0.15) is 0 Å². The van der Waals surface area contributed by atoms with Crippen LogP contribution in [-0.2, 0) is 14.4 Å². The zero-order valence-corrected chi connectivity index (χ0v) is 11.3. The Hall–Kier alpha value is -1.67. The highest BCUT2D eigenvalue weighted by molar-refractivity contribution is 5.93. The summed E-state index contributed by atoms with van der Waals surface area (Å²) in [6.45, 7) is 1.20. The molecule has 0 saturated carbocycles. The van der Waals surface area contributed by atoms with Gasteiger partial charge in [-0.3, -0.25) is 14.4 Å². The van der Waals surface area contributed by atoms with Crippen molar-refractivity contribution in [3.05, 3.63) is 0 Å². The van der Waals surface area contributed by atoms with E-state index in [1.165, 1.54) is 0 Å². The van der Waals surface area contributed by atoms with Crippen LogP contribution in [0.2, 0.25) is 0 Å². The van der Waals surface area contributed by atoms with Gasteiger partial charge in [0.2, 0.25) is 17.7 Å². The Morgan fingerprint density at radius 1 is 1.21 bits per heavy atom. The van der Waals surface area contributed by atoms with Crippen LogP contribution >= 0.6 is 0 Å². The topological polar surface area (TPSA) is 139 Å². The number of rotatable bonds is 9. The van der Waals surface area contributed by atoms with E-state index in [0.717, 1.165) is 13.0 Å². The predicted octanol–water partition coefficient (Wildman–Crippen LogP) is -2.46. The molecule has 0 aliphatic carbocycles. The highest BCUT2D eigenvalue weighted by atomic mass is 16.3. The van der Waals surface area contributed by atoms with Crippen LogP contribution in [0, 0.1) is 0 Å². The fourth-order valence-electron chi connectivity index (χ4n) is 1.48. The molecule has 110 valence electrons. The lowest BCUT2D eigenvalue weighted by Crippen LogP contribution is -2.50. The van der Waals surface area contributed by atoms with Crippen molar-refractivity contribution >= 4 is 17.7 Å². The molecule has 19 heavy (non-hydrogen) atoms. The number of aliphatic hydroxyl groups is 1. The van der Waals surface area contributed by atoms with E-state index in [-0.39, 0.29) is 0 Å². The maximum absolute atomic E-state index is 11.5. The van der Waals surface area contributed by atoms with Gasteiger partial charge < -0.3 is 26.8 Å². The Kier molecular flexibility index (Phi) is 7.02. The van der Waals surface area contributed by atoms with Gasteiger partial charge in [-0.05, 0) is 27.1 Å². The zero-order chi connectivity index (χ0) is 15.1. The van der Waals surface area contributed by atoms with Crippen molar-refractivity contribution in [2.45, 2.75) is 24.9 Å². The number of carbonyl (C=O) groups is 3. The first-order valence-corrected chi connectivity index (χ1v) is 5.89. The van der Waals surface area contributed by atoms with Gasteiger partial charge in [-0.1, -0.05) is 0 Å². The normalized spacial score (nSPS) is 13.9. The molecule has 1 unspecified atom stereocenters. The predicted molar refractivity (Wildman–Crippen MR) is 68.8 cm³/mol. The molecule has 0 heterocycles. The van der Waals surface area contributed by atoms with Crippen LogP contribution in [0.25, 0.3) is 0 Å². The number of hydrogen-bond acceptors (Lipinski definition) is 5. The van der Waals surface area contributed by atoms with Crippen molar-refractivity contribution in [1.82, 2.24) is 10.2 Å². The molecule has 0 fully saturated rings. The summed E-state index contributed by atoms with van der Waals surface area (Å²) in [4.78, 5) is 35.3. The summed E-state index contributed by atoms with van der Waals surface area (Å²) < 4.78 is 0. The Bertz CT molecular complexity index is 346. The molecule has 0 aliphatic rings. The number of amides is 3. The number of carbonyl (C=O) groups excluding carboxylic acids is 3. The van der Waals surface area contributed by atoms with Crippen LogP contribution in [0.1, 0.15) is 19.3 Å². The fraction of sp³-hybridized carbons (Fsp3) is 0.727. The van der Waals surface area contributed by atoms with Gasteiger partial charge in [0.05, 0.1) is 12.8 Å². The SMILES string of the molecule is CN(C)CCCNC(=O)CC(O)(CC(N)=O)C(N)=O. The van der Waals surface area contributed by atoms with Gasteiger partial charge in [-0.2, -0.15) is 0 Å². The van der Waals surface area contributed by atoms with Crippen LogP contribution in [0.5, 0.6) is 0 Å². The van der Waals surface area contributed by atoms with Crippen LogP contribution in [0.15, 0.2) is 0 Å². The van der Waals surface area contributed by atoms with Gasteiger partial charge in [-0.25, -0.2) is 0 Å². The summed E-state index contributed by atoms with van der Waals surface area (Å²) in [5.74, 6) is -2.60. The number of nitrogens with one attached hydrogen (secondary N) is 1.